The fourth-order valence-electron chi connectivity index (χ4n) is 1.99. The Morgan fingerprint density at radius 3 is 2.68 bits per heavy atom. The van der Waals surface area contributed by atoms with Crippen molar-refractivity contribution in [3.05, 3.63) is 24.0 Å². The highest BCUT2D eigenvalue weighted by molar-refractivity contribution is 6.01. The zero-order valence-electron chi connectivity index (χ0n) is 10.9. The number of benzene rings is 1. The second kappa shape index (κ2) is 5.26. The van der Waals surface area contributed by atoms with Crippen molar-refractivity contribution < 1.29 is 14.0 Å². The van der Waals surface area contributed by atoms with E-state index in [1.165, 1.54) is 6.07 Å². The van der Waals surface area contributed by atoms with Crippen LogP contribution in [0.2, 0.25) is 0 Å². The molecule has 0 radical (unpaired) electrons. The number of halogens is 1. The van der Waals surface area contributed by atoms with E-state index in [2.05, 4.69) is 10.6 Å². The first-order valence-electron chi connectivity index (χ1n) is 6.04. The third-order valence-corrected chi connectivity index (χ3v) is 3.01. The maximum Gasteiger partial charge on any atom is 0.249 e. The van der Waals surface area contributed by atoms with E-state index >= 15 is 0 Å². The van der Waals surface area contributed by atoms with Gasteiger partial charge in [-0.3, -0.25) is 14.9 Å². The van der Waals surface area contributed by atoms with Crippen LogP contribution in [0, 0.1) is 5.82 Å². The molecule has 5 nitrogen and oxygen atoms in total. The van der Waals surface area contributed by atoms with Gasteiger partial charge in [-0.25, -0.2) is 4.39 Å². The number of amides is 2. The van der Waals surface area contributed by atoms with Crippen molar-refractivity contribution in [1.29, 1.82) is 0 Å². The third-order valence-electron chi connectivity index (χ3n) is 3.01. The van der Waals surface area contributed by atoms with Crippen LogP contribution in [-0.4, -0.2) is 32.0 Å². The Morgan fingerprint density at radius 1 is 1.37 bits per heavy atom. The number of anilines is 2. The summed E-state index contributed by atoms with van der Waals surface area (Å²) in [4.78, 5) is 24.3. The summed E-state index contributed by atoms with van der Waals surface area (Å²) in [6.45, 7) is 0. The van der Waals surface area contributed by atoms with E-state index in [1.54, 1.807) is 31.1 Å². The number of hydrogen-bond donors (Lipinski definition) is 2. The van der Waals surface area contributed by atoms with Crippen molar-refractivity contribution in [2.45, 2.75) is 18.9 Å². The van der Waals surface area contributed by atoms with Crippen molar-refractivity contribution in [3.8, 4) is 0 Å². The first-order chi connectivity index (χ1) is 8.97. The van der Waals surface area contributed by atoms with Gasteiger partial charge in [0.05, 0.1) is 5.69 Å². The van der Waals surface area contributed by atoms with Crippen LogP contribution in [0.5, 0.6) is 0 Å². The van der Waals surface area contributed by atoms with Crippen LogP contribution in [0.1, 0.15) is 12.8 Å². The molecule has 1 saturated heterocycles. The highest BCUT2D eigenvalue weighted by Crippen LogP contribution is 2.22. The SMILES string of the molecule is CN(C)c1ccc(NC2CCC(=O)NC2=O)cc1F. The van der Waals surface area contributed by atoms with Crippen LogP contribution in [0.3, 0.4) is 0 Å². The van der Waals surface area contributed by atoms with E-state index in [1.807, 2.05) is 0 Å². The number of rotatable bonds is 3. The van der Waals surface area contributed by atoms with Crippen molar-refractivity contribution >= 4 is 23.2 Å². The number of nitrogens with zero attached hydrogens (tertiary/aromatic N) is 1. The first-order valence-corrected chi connectivity index (χ1v) is 6.04. The predicted octanol–water partition coefficient (Wildman–Crippen LogP) is 1.11. The summed E-state index contributed by atoms with van der Waals surface area (Å²) in [5.41, 5.74) is 1.01. The molecular weight excluding hydrogens is 249 g/mol. The summed E-state index contributed by atoms with van der Waals surface area (Å²) in [7, 11) is 3.51. The predicted molar refractivity (Wildman–Crippen MR) is 70.5 cm³/mol. The Kier molecular flexibility index (Phi) is 3.69. The quantitative estimate of drug-likeness (QED) is 0.804. The number of piperidine rings is 1. The van der Waals surface area contributed by atoms with Crippen LogP contribution in [0.4, 0.5) is 15.8 Å². The largest absolute Gasteiger partial charge is 0.375 e. The van der Waals surface area contributed by atoms with Gasteiger partial charge >= 0.3 is 0 Å². The minimum absolute atomic E-state index is 0.266. The van der Waals surface area contributed by atoms with E-state index < -0.39 is 6.04 Å². The highest BCUT2D eigenvalue weighted by Gasteiger charge is 2.26. The molecule has 0 aliphatic carbocycles. The Hall–Kier alpha value is -2.11. The van der Waals surface area contributed by atoms with Gasteiger partial charge in [-0.2, -0.15) is 0 Å². The molecule has 102 valence electrons. The standard InChI is InChI=1S/C13H16FN3O2/c1-17(2)11-5-3-8(7-9(11)14)15-10-4-6-12(18)16-13(10)19/h3,5,7,10,15H,4,6H2,1-2H3,(H,16,18,19). The molecular formula is C13H16FN3O2. The Labute approximate surface area is 110 Å². The number of carbonyl (C=O) groups excluding carboxylic acids is 2. The van der Waals surface area contributed by atoms with Gasteiger partial charge in [0.2, 0.25) is 11.8 Å². The van der Waals surface area contributed by atoms with Gasteiger partial charge < -0.3 is 10.2 Å². The molecule has 1 unspecified atom stereocenters. The van der Waals surface area contributed by atoms with E-state index in [-0.39, 0.29) is 17.6 Å². The molecule has 1 aromatic carbocycles. The van der Waals surface area contributed by atoms with Crippen molar-refractivity contribution in [3.63, 3.8) is 0 Å². The molecule has 1 fully saturated rings. The lowest BCUT2D eigenvalue weighted by Gasteiger charge is -2.23. The average molecular weight is 265 g/mol. The van der Waals surface area contributed by atoms with E-state index in [0.717, 1.165) is 0 Å². The van der Waals surface area contributed by atoms with Crippen LogP contribution in [0.25, 0.3) is 0 Å². The lowest BCUT2D eigenvalue weighted by atomic mass is 10.1. The monoisotopic (exact) mass is 265 g/mol. The normalized spacial score (nSPS) is 19.0. The van der Waals surface area contributed by atoms with Crippen molar-refractivity contribution in [1.82, 2.24) is 5.32 Å². The van der Waals surface area contributed by atoms with Gasteiger partial charge in [0.1, 0.15) is 11.9 Å². The van der Waals surface area contributed by atoms with Gasteiger partial charge in [0.25, 0.3) is 0 Å². The lowest BCUT2D eigenvalue weighted by molar-refractivity contribution is -0.133. The van der Waals surface area contributed by atoms with Gasteiger partial charge in [-0.1, -0.05) is 0 Å². The van der Waals surface area contributed by atoms with Crippen LogP contribution in [-0.2, 0) is 9.59 Å². The summed E-state index contributed by atoms with van der Waals surface area (Å²) in [5, 5.41) is 5.19. The minimum atomic E-state index is -0.498. The van der Waals surface area contributed by atoms with E-state index in [0.29, 0.717) is 24.2 Å². The van der Waals surface area contributed by atoms with Crippen molar-refractivity contribution in [2.24, 2.45) is 0 Å². The summed E-state index contributed by atoms with van der Waals surface area (Å²) in [6, 6.07) is 4.20. The lowest BCUT2D eigenvalue weighted by Crippen LogP contribution is -2.47. The maximum atomic E-state index is 13.8. The molecule has 2 N–H and O–H groups in total. The number of imide groups is 1. The summed E-state index contributed by atoms with van der Waals surface area (Å²) in [6.07, 6.45) is 0.712. The smallest absolute Gasteiger partial charge is 0.249 e. The van der Waals surface area contributed by atoms with Gasteiger partial charge in [-0.15, -0.1) is 0 Å². The maximum absolute atomic E-state index is 13.8. The molecule has 0 saturated carbocycles. The third kappa shape index (κ3) is 3.01. The average Bonchev–Trinajstić information content (AvgIpc) is 2.32. The molecule has 0 bridgehead atoms. The van der Waals surface area contributed by atoms with E-state index in [9.17, 15) is 14.0 Å². The highest BCUT2D eigenvalue weighted by atomic mass is 19.1. The summed E-state index contributed by atoms with van der Waals surface area (Å²) in [5.74, 6) is -0.993. The fourth-order valence-corrected chi connectivity index (χ4v) is 1.99. The molecule has 2 rings (SSSR count). The molecule has 1 aliphatic heterocycles. The number of hydrogen-bond acceptors (Lipinski definition) is 4. The van der Waals surface area contributed by atoms with Crippen LogP contribution in [0.15, 0.2) is 18.2 Å². The van der Waals surface area contributed by atoms with Gasteiger partial charge in [0, 0.05) is 26.2 Å². The second-order valence-corrected chi connectivity index (χ2v) is 4.71. The molecule has 1 aromatic rings. The topological polar surface area (TPSA) is 61.4 Å². The molecule has 1 aliphatic rings. The number of nitrogens with one attached hydrogen (secondary N) is 2. The first kappa shape index (κ1) is 13.3. The molecule has 19 heavy (non-hydrogen) atoms. The Morgan fingerprint density at radius 2 is 2.11 bits per heavy atom. The van der Waals surface area contributed by atoms with Crippen molar-refractivity contribution in [2.75, 3.05) is 24.3 Å². The van der Waals surface area contributed by atoms with E-state index in [4.69, 9.17) is 0 Å². The molecule has 2 amide bonds. The summed E-state index contributed by atoms with van der Waals surface area (Å²) < 4.78 is 13.8. The Bertz CT molecular complexity index is 517. The minimum Gasteiger partial charge on any atom is -0.375 e. The molecule has 1 heterocycles. The molecule has 0 aromatic heterocycles. The van der Waals surface area contributed by atoms with Crippen LogP contribution >= 0.6 is 0 Å². The molecule has 6 heteroatoms. The summed E-state index contributed by atoms with van der Waals surface area (Å²) >= 11 is 0. The number of carbonyl (C=O) groups is 2. The zero-order valence-corrected chi connectivity index (χ0v) is 10.9. The molecule has 0 spiro atoms. The second-order valence-electron chi connectivity index (χ2n) is 4.71. The fraction of sp³-hybridized carbons (Fsp3) is 0.385. The van der Waals surface area contributed by atoms with Gasteiger partial charge in [0.15, 0.2) is 0 Å². The Balaban J connectivity index is 2.09. The van der Waals surface area contributed by atoms with Gasteiger partial charge in [-0.05, 0) is 24.6 Å². The molecule has 1 atom stereocenters. The van der Waals surface area contributed by atoms with Crippen LogP contribution < -0.4 is 15.5 Å². The zero-order chi connectivity index (χ0) is 14.0.